The highest BCUT2D eigenvalue weighted by Crippen LogP contribution is 2.34. The number of fused-ring (bicyclic) bond motifs is 5. The molecule has 1 aromatic carbocycles. The maximum atomic E-state index is 4.79. The standard InChI is InChI=1S/C18H13BrN6.ClH/c1-11-16-9-25-18(22-17(23-25)14-4-2-3-7-20-14)13-8-12(19)5-6-15(13)24(16)10-21-11;/h2-8,10H,9H2,1H3;1H. The maximum Gasteiger partial charge on any atom is 0.200 e. The summed E-state index contributed by atoms with van der Waals surface area (Å²) >= 11 is 3.57. The number of aromatic nitrogens is 6. The van der Waals surface area contributed by atoms with Crippen molar-refractivity contribution < 1.29 is 0 Å². The van der Waals surface area contributed by atoms with Crippen molar-refractivity contribution in [2.45, 2.75) is 13.5 Å². The summed E-state index contributed by atoms with van der Waals surface area (Å²) in [5, 5.41) is 4.72. The summed E-state index contributed by atoms with van der Waals surface area (Å²) in [6, 6.07) is 11.9. The van der Waals surface area contributed by atoms with Crippen LogP contribution in [0, 0.1) is 6.92 Å². The van der Waals surface area contributed by atoms with Crippen LogP contribution < -0.4 is 0 Å². The van der Waals surface area contributed by atoms with Gasteiger partial charge in [-0.05, 0) is 37.3 Å². The predicted octanol–water partition coefficient (Wildman–Crippen LogP) is 4.05. The second-order valence-electron chi connectivity index (χ2n) is 5.94. The Hall–Kier alpha value is -2.51. The minimum absolute atomic E-state index is 0. The van der Waals surface area contributed by atoms with E-state index in [1.807, 2.05) is 42.2 Å². The van der Waals surface area contributed by atoms with Gasteiger partial charge in [-0.15, -0.1) is 17.5 Å². The molecular formula is C18H14BrClN6. The molecule has 0 N–H and O–H groups in total. The third kappa shape index (κ3) is 2.55. The molecule has 130 valence electrons. The van der Waals surface area contributed by atoms with Gasteiger partial charge in [0, 0.05) is 16.2 Å². The Labute approximate surface area is 164 Å². The fourth-order valence-electron chi connectivity index (χ4n) is 3.16. The molecule has 0 aliphatic carbocycles. The first-order valence-corrected chi connectivity index (χ1v) is 8.69. The lowest BCUT2D eigenvalue weighted by atomic mass is 10.1. The van der Waals surface area contributed by atoms with E-state index in [-0.39, 0.29) is 12.4 Å². The molecule has 1 aliphatic rings. The minimum atomic E-state index is 0. The second kappa shape index (κ2) is 6.34. The van der Waals surface area contributed by atoms with E-state index in [2.05, 4.69) is 42.6 Å². The lowest BCUT2D eigenvalue weighted by molar-refractivity contribution is 0.675. The zero-order valence-corrected chi connectivity index (χ0v) is 16.2. The number of rotatable bonds is 1. The summed E-state index contributed by atoms with van der Waals surface area (Å²) in [6.45, 7) is 2.64. The van der Waals surface area contributed by atoms with Crippen molar-refractivity contribution in [2.24, 2.45) is 0 Å². The van der Waals surface area contributed by atoms with Crippen LogP contribution in [0.4, 0.5) is 0 Å². The Kier molecular flexibility index (Phi) is 4.13. The van der Waals surface area contributed by atoms with Crippen LogP contribution in [0.1, 0.15) is 11.4 Å². The summed E-state index contributed by atoms with van der Waals surface area (Å²) in [6.07, 6.45) is 3.62. The van der Waals surface area contributed by atoms with Gasteiger partial charge in [-0.1, -0.05) is 22.0 Å². The topological polar surface area (TPSA) is 61.4 Å². The van der Waals surface area contributed by atoms with Gasteiger partial charge in [0.25, 0.3) is 0 Å². The van der Waals surface area contributed by atoms with Crippen LogP contribution >= 0.6 is 28.3 Å². The quantitative estimate of drug-likeness (QED) is 0.403. The number of halogens is 2. The molecule has 0 atom stereocenters. The second-order valence-corrected chi connectivity index (χ2v) is 6.86. The highest BCUT2D eigenvalue weighted by atomic mass is 79.9. The molecule has 0 unspecified atom stereocenters. The fraction of sp³-hybridized carbons (Fsp3) is 0.111. The zero-order chi connectivity index (χ0) is 17.0. The third-order valence-electron chi connectivity index (χ3n) is 4.40. The smallest absolute Gasteiger partial charge is 0.200 e. The first-order chi connectivity index (χ1) is 12.2. The van der Waals surface area contributed by atoms with E-state index in [4.69, 9.17) is 10.1 Å². The number of imidazole rings is 1. The highest BCUT2D eigenvalue weighted by molar-refractivity contribution is 9.10. The van der Waals surface area contributed by atoms with E-state index >= 15 is 0 Å². The van der Waals surface area contributed by atoms with Gasteiger partial charge >= 0.3 is 0 Å². The van der Waals surface area contributed by atoms with E-state index in [0.717, 1.165) is 38.6 Å². The molecule has 8 heteroatoms. The van der Waals surface area contributed by atoms with Gasteiger partial charge < -0.3 is 4.57 Å². The number of aryl methyl sites for hydroxylation is 1. The number of nitrogens with zero attached hydrogens (tertiary/aromatic N) is 6. The summed E-state index contributed by atoms with van der Waals surface area (Å²) in [7, 11) is 0. The molecule has 0 bridgehead atoms. The average molecular weight is 430 g/mol. The minimum Gasteiger partial charge on any atom is -0.300 e. The summed E-state index contributed by atoms with van der Waals surface area (Å²) < 4.78 is 5.05. The van der Waals surface area contributed by atoms with Crippen molar-refractivity contribution in [3.8, 4) is 28.6 Å². The van der Waals surface area contributed by atoms with Crippen LogP contribution in [0.25, 0.3) is 28.6 Å². The Morgan fingerprint density at radius 1 is 1.12 bits per heavy atom. The molecule has 0 radical (unpaired) electrons. The van der Waals surface area contributed by atoms with Crippen LogP contribution in [-0.4, -0.2) is 29.3 Å². The molecular weight excluding hydrogens is 416 g/mol. The molecule has 0 saturated heterocycles. The van der Waals surface area contributed by atoms with Gasteiger partial charge in [0.05, 0.1) is 29.9 Å². The van der Waals surface area contributed by atoms with Gasteiger partial charge in [-0.25, -0.2) is 14.6 Å². The van der Waals surface area contributed by atoms with E-state index in [9.17, 15) is 0 Å². The number of pyridine rings is 1. The summed E-state index contributed by atoms with van der Waals surface area (Å²) in [5.74, 6) is 1.46. The van der Waals surface area contributed by atoms with Crippen molar-refractivity contribution in [1.29, 1.82) is 0 Å². The van der Waals surface area contributed by atoms with Gasteiger partial charge in [0.1, 0.15) is 5.69 Å². The van der Waals surface area contributed by atoms with Crippen LogP contribution in [0.5, 0.6) is 0 Å². The van der Waals surface area contributed by atoms with Gasteiger partial charge in [0.15, 0.2) is 11.6 Å². The van der Waals surface area contributed by atoms with Gasteiger partial charge in [-0.3, -0.25) is 4.98 Å². The Balaban J connectivity index is 0.00000168. The number of benzene rings is 1. The Morgan fingerprint density at radius 2 is 2.00 bits per heavy atom. The molecule has 1 aliphatic heterocycles. The molecule has 6 nitrogen and oxygen atoms in total. The van der Waals surface area contributed by atoms with Gasteiger partial charge in [0.2, 0.25) is 0 Å². The predicted molar refractivity (Wildman–Crippen MR) is 105 cm³/mol. The lowest BCUT2D eigenvalue weighted by Gasteiger charge is -2.08. The zero-order valence-electron chi connectivity index (χ0n) is 13.8. The van der Waals surface area contributed by atoms with Crippen LogP contribution in [0.3, 0.4) is 0 Å². The van der Waals surface area contributed by atoms with Crippen molar-refractivity contribution in [1.82, 2.24) is 29.3 Å². The van der Waals surface area contributed by atoms with E-state index in [1.54, 1.807) is 6.20 Å². The molecule has 0 fully saturated rings. The largest absolute Gasteiger partial charge is 0.300 e. The molecule has 3 aromatic heterocycles. The summed E-state index contributed by atoms with van der Waals surface area (Å²) in [5.41, 5.74) is 4.94. The van der Waals surface area contributed by atoms with E-state index in [0.29, 0.717) is 12.4 Å². The van der Waals surface area contributed by atoms with E-state index < -0.39 is 0 Å². The molecule has 0 spiro atoms. The highest BCUT2D eigenvalue weighted by Gasteiger charge is 2.24. The number of hydrogen-bond donors (Lipinski definition) is 0. The van der Waals surface area contributed by atoms with E-state index in [1.165, 1.54) is 0 Å². The van der Waals surface area contributed by atoms with Gasteiger partial charge in [-0.2, -0.15) is 0 Å². The molecule has 5 rings (SSSR count). The Bertz CT molecular complexity index is 1100. The molecule has 26 heavy (non-hydrogen) atoms. The fourth-order valence-corrected chi connectivity index (χ4v) is 3.52. The average Bonchev–Trinajstić information content (AvgIpc) is 3.18. The van der Waals surface area contributed by atoms with Crippen LogP contribution in [0.15, 0.2) is 53.4 Å². The molecule has 0 amide bonds. The van der Waals surface area contributed by atoms with Crippen molar-refractivity contribution in [2.75, 3.05) is 0 Å². The normalized spacial score (nSPS) is 11.8. The van der Waals surface area contributed by atoms with Crippen molar-refractivity contribution in [3.63, 3.8) is 0 Å². The third-order valence-corrected chi connectivity index (χ3v) is 4.89. The van der Waals surface area contributed by atoms with Crippen molar-refractivity contribution >= 4 is 28.3 Å². The first kappa shape index (κ1) is 16.9. The maximum absolute atomic E-state index is 4.79. The SMILES string of the molecule is Cc1ncn2c1Cn1nc(-c3ccccn3)nc1-c1cc(Br)ccc1-2.Cl. The number of hydrogen-bond acceptors (Lipinski definition) is 4. The molecule has 0 saturated carbocycles. The van der Waals surface area contributed by atoms with Crippen LogP contribution in [-0.2, 0) is 6.54 Å². The van der Waals surface area contributed by atoms with Crippen molar-refractivity contribution in [3.05, 3.63) is 64.8 Å². The lowest BCUT2D eigenvalue weighted by Crippen LogP contribution is -2.05. The molecule has 4 heterocycles. The Morgan fingerprint density at radius 3 is 2.81 bits per heavy atom. The monoisotopic (exact) mass is 428 g/mol. The first-order valence-electron chi connectivity index (χ1n) is 7.90. The van der Waals surface area contributed by atoms with Crippen LogP contribution in [0.2, 0.25) is 0 Å². The molecule has 4 aromatic rings. The summed E-state index contributed by atoms with van der Waals surface area (Å²) in [4.78, 5) is 13.6.